The third kappa shape index (κ3) is 2.81. The quantitative estimate of drug-likeness (QED) is 0.285. The molecular formula is C7H13ClN4O. The third-order valence-electron chi connectivity index (χ3n) is 1.43. The molecule has 0 aliphatic carbocycles. The molecule has 6 heteroatoms. The van der Waals surface area contributed by atoms with E-state index in [-0.39, 0.29) is 23.7 Å². The van der Waals surface area contributed by atoms with E-state index in [1.807, 2.05) is 0 Å². The highest BCUT2D eigenvalue weighted by Crippen LogP contribution is 2.18. The van der Waals surface area contributed by atoms with Crippen molar-refractivity contribution in [2.75, 3.05) is 11.5 Å². The lowest BCUT2D eigenvalue weighted by Crippen LogP contribution is -2.14. The van der Waals surface area contributed by atoms with Crippen LogP contribution in [0.5, 0.6) is 0 Å². The maximum Gasteiger partial charge on any atom is 0.124 e. The Morgan fingerprint density at radius 2 is 1.77 bits per heavy atom. The van der Waals surface area contributed by atoms with Gasteiger partial charge in [-0.3, -0.25) is 5.41 Å². The summed E-state index contributed by atoms with van der Waals surface area (Å²) in [5.41, 5.74) is 17.6. The zero-order valence-corrected chi connectivity index (χ0v) is 7.69. The molecule has 0 aliphatic rings. The Labute approximate surface area is 82.1 Å². The maximum atomic E-state index is 7.12. The first kappa shape index (κ1) is 14.1. The molecule has 0 aliphatic heterocycles. The van der Waals surface area contributed by atoms with E-state index in [0.29, 0.717) is 16.9 Å². The Morgan fingerprint density at radius 1 is 1.23 bits per heavy atom. The maximum absolute atomic E-state index is 7.12. The number of amidine groups is 1. The van der Waals surface area contributed by atoms with Gasteiger partial charge in [-0.25, -0.2) is 0 Å². The number of rotatable bonds is 1. The minimum absolute atomic E-state index is 0. The lowest BCUT2D eigenvalue weighted by molar-refractivity contribution is 0.824. The summed E-state index contributed by atoms with van der Waals surface area (Å²) in [5, 5.41) is 7.12. The van der Waals surface area contributed by atoms with Crippen LogP contribution in [-0.2, 0) is 0 Å². The summed E-state index contributed by atoms with van der Waals surface area (Å²) in [6.07, 6.45) is 0. The van der Waals surface area contributed by atoms with E-state index in [1.54, 1.807) is 18.2 Å². The van der Waals surface area contributed by atoms with Crippen LogP contribution in [-0.4, -0.2) is 11.3 Å². The van der Waals surface area contributed by atoms with Crippen LogP contribution in [0.4, 0.5) is 11.4 Å². The van der Waals surface area contributed by atoms with Crippen LogP contribution < -0.4 is 17.2 Å². The highest BCUT2D eigenvalue weighted by atomic mass is 35.5. The first-order valence-electron chi connectivity index (χ1n) is 3.11. The minimum atomic E-state index is -0.0604. The van der Waals surface area contributed by atoms with Crippen molar-refractivity contribution in [3.63, 3.8) is 0 Å². The molecule has 0 heterocycles. The van der Waals surface area contributed by atoms with Gasteiger partial charge in [0.25, 0.3) is 0 Å². The molecular weight excluding hydrogens is 192 g/mol. The van der Waals surface area contributed by atoms with Crippen LogP contribution in [0.2, 0.25) is 0 Å². The normalized spacial score (nSPS) is 8.00. The van der Waals surface area contributed by atoms with E-state index in [2.05, 4.69) is 0 Å². The van der Waals surface area contributed by atoms with Crippen molar-refractivity contribution in [1.29, 1.82) is 5.41 Å². The van der Waals surface area contributed by atoms with Gasteiger partial charge in [0.05, 0.1) is 11.4 Å². The van der Waals surface area contributed by atoms with Crippen LogP contribution in [0, 0.1) is 5.41 Å². The van der Waals surface area contributed by atoms with E-state index in [1.165, 1.54) is 0 Å². The first-order valence-corrected chi connectivity index (χ1v) is 3.11. The van der Waals surface area contributed by atoms with Gasteiger partial charge >= 0.3 is 0 Å². The average Bonchev–Trinajstić information content (AvgIpc) is 1.94. The minimum Gasteiger partial charge on any atom is -0.412 e. The van der Waals surface area contributed by atoms with Crippen LogP contribution in [0.1, 0.15) is 5.56 Å². The Kier molecular flexibility index (Phi) is 5.67. The van der Waals surface area contributed by atoms with Crippen molar-refractivity contribution >= 4 is 29.6 Å². The van der Waals surface area contributed by atoms with Crippen molar-refractivity contribution in [3.8, 4) is 0 Å². The lowest BCUT2D eigenvalue weighted by atomic mass is 10.1. The zero-order valence-electron chi connectivity index (χ0n) is 6.87. The van der Waals surface area contributed by atoms with Gasteiger partial charge in [-0.2, -0.15) is 0 Å². The van der Waals surface area contributed by atoms with Gasteiger partial charge in [0.15, 0.2) is 0 Å². The smallest absolute Gasteiger partial charge is 0.124 e. The Hall–Kier alpha value is -1.46. The SMILES string of the molecule is Cl.N=C(N)c1cccc(N)c1N.O. The second-order valence-corrected chi connectivity index (χ2v) is 2.22. The molecule has 0 aromatic heterocycles. The fraction of sp³-hybridized carbons (Fsp3) is 0. The molecule has 0 atom stereocenters. The number of halogens is 1. The van der Waals surface area contributed by atoms with Crippen molar-refractivity contribution in [3.05, 3.63) is 23.8 Å². The molecule has 0 spiro atoms. The molecule has 0 unspecified atom stereocenters. The van der Waals surface area contributed by atoms with E-state index in [0.717, 1.165) is 0 Å². The number of nitrogens with two attached hydrogens (primary N) is 3. The summed E-state index contributed by atoms with van der Waals surface area (Å²) < 4.78 is 0. The Morgan fingerprint density at radius 3 is 2.15 bits per heavy atom. The lowest BCUT2D eigenvalue weighted by Gasteiger charge is -2.04. The van der Waals surface area contributed by atoms with Crippen molar-refractivity contribution < 1.29 is 5.48 Å². The molecule has 0 amide bonds. The molecule has 1 rings (SSSR count). The van der Waals surface area contributed by atoms with Gasteiger partial charge < -0.3 is 22.7 Å². The monoisotopic (exact) mass is 204 g/mol. The summed E-state index contributed by atoms with van der Waals surface area (Å²) in [6.45, 7) is 0. The molecule has 0 radical (unpaired) electrons. The molecule has 13 heavy (non-hydrogen) atoms. The molecule has 9 N–H and O–H groups in total. The Bertz CT molecular complexity index is 303. The molecule has 0 saturated carbocycles. The number of hydrogen-bond acceptors (Lipinski definition) is 3. The van der Waals surface area contributed by atoms with Gasteiger partial charge in [-0.15, -0.1) is 12.4 Å². The predicted octanol–water partition coefficient (Wildman–Crippen LogP) is -0.268. The van der Waals surface area contributed by atoms with E-state index in [9.17, 15) is 0 Å². The summed E-state index contributed by atoms with van der Waals surface area (Å²) >= 11 is 0. The standard InChI is InChI=1S/C7H10N4.ClH.H2O/c8-5-3-1-2-4(6(5)9)7(10)11;;/h1-3H,8-9H2,(H3,10,11);1H;1H2. The predicted molar refractivity (Wildman–Crippen MR) is 57.1 cm³/mol. The topological polar surface area (TPSA) is 133 Å². The van der Waals surface area contributed by atoms with Gasteiger partial charge in [0.1, 0.15) is 5.84 Å². The van der Waals surface area contributed by atoms with Gasteiger partial charge in [-0.1, -0.05) is 6.07 Å². The second kappa shape index (κ2) is 5.23. The highest BCUT2D eigenvalue weighted by molar-refractivity contribution is 6.02. The van der Waals surface area contributed by atoms with E-state index < -0.39 is 0 Å². The first-order chi connectivity index (χ1) is 5.13. The summed E-state index contributed by atoms with van der Waals surface area (Å²) in [5.74, 6) is -0.0604. The van der Waals surface area contributed by atoms with Crippen molar-refractivity contribution in [2.45, 2.75) is 0 Å². The second-order valence-electron chi connectivity index (χ2n) is 2.22. The summed E-state index contributed by atoms with van der Waals surface area (Å²) in [7, 11) is 0. The van der Waals surface area contributed by atoms with Gasteiger partial charge in [-0.05, 0) is 12.1 Å². The number of para-hydroxylation sites is 1. The summed E-state index contributed by atoms with van der Waals surface area (Å²) in [6, 6.07) is 5.04. The van der Waals surface area contributed by atoms with E-state index in [4.69, 9.17) is 22.6 Å². The fourth-order valence-corrected chi connectivity index (χ4v) is 0.818. The fourth-order valence-electron chi connectivity index (χ4n) is 0.818. The number of benzene rings is 1. The van der Waals surface area contributed by atoms with Gasteiger partial charge in [0.2, 0.25) is 0 Å². The highest BCUT2D eigenvalue weighted by Gasteiger charge is 2.02. The molecule has 0 bridgehead atoms. The van der Waals surface area contributed by atoms with Crippen LogP contribution >= 0.6 is 12.4 Å². The number of hydrogen-bond donors (Lipinski definition) is 4. The summed E-state index contributed by atoms with van der Waals surface area (Å²) in [4.78, 5) is 0. The van der Waals surface area contributed by atoms with Crippen LogP contribution in [0.3, 0.4) is 0 Å². The van der Waals surface area contributed by atoms with Crippen molar-refractivity contribution in [2.24, 2.45) is 5.73 Å². The average molecular weight is 205 g/mol. The Balaban J connectivity index is 0. The van der Waals surface area contributed by atoms with Crippen LogP contribution in [0.15, 0.2) is 18.2 Å². The number of nitrogen functional groups attached to an aromatic ring is 3. The third-order valence-corrected chi connectivity index (χ3v) is 1.43. The number of nitrogens with one attached hydrogen (secondary N) is 1. The largest absolute Gasteiger partial charge is 0.412 e. The molecule has 0 saturated heterocycles. The molecule has 1 aromatic rings. The van der Waals surface area contributed by atoms with Gasteiger partial charge in [0, 0.05) is 5.56 Å². The molecule has 5 nitrogen and oxygen atoms in total. The molecule has 1 aromatic carbocycles. The number of anilines is 2. The zero-order chi connectivity index (χ0) is 8.43. The molecule has 74 valence electrons. The molecule has 0 fully saturated rings. The van der Waals surface area contributed by atoms with E-state index >= 15 is 0 Å². The van der Waals surface area contributed by atoms with Crippen molar-refractivity contribution in [1.82, 2.24) is 0 Å². The van der Waals surface area contributed by atoms with Crippen LogP contribution in [0.25, 0.3) is 0 Å².